The van der Waals surface area contributed by atoms with Crippen LogP contribution in [0.1, 0.15) is 32.9 Å². The first kappa shape index (κ1) is 18.1. The van der Waals surface area contributed by atoms with Crippen molar-refractivity contribution in [1.82, 2.24) is 29.6 Å². The fourth-order valence-electron chi connectivity index (χ4n) is 3.43. The first-order valence-corrected chi connectivity index (χ1v) is 10.2. The van der Waals surface area contributed by atoms with E-state index in [0.29, 0.717) is 17.0 Å². The highest BCUT2D eigenvalue weighted by atomic mass is 32.1. The van der Waals surface area contributed by atoms with Crippen molar-refractivity contribution in [3.63, 3.8) is 0 Å². The third-order valence-electron chi connectivity index (χ3n) is 4.82. The maximum Gasteiger partial charge on any atom is 0.263 e. The Morgan fingerprint density at radius 1 is 1.22 bits per heavy atom. The van der Waals surface area contributed by atoms with Gasteiger partial charge in [0.1, 0.15) is 5.39 Å². The van der Waals surface area contributed by atoms with Crippen LogP contribution in [0.3, 0.4) is 0 Å². The summed E-state index contributed by atoms with van der Waals surface area (Å²) < 4.78 is 1.83. The Morgan fingerprint density at radius 2 is 2.07 bits per heavy atom. The van der Waals surface area contributed by atoms with Gasteiger partial charge in [-0.15, -0.1) is 11.3 Å². The summed E-state index contributed by atoms with van der Waals surface area (Å²) in [4.78, 5) is 29.2. The summed E-state index contributed by atoms with van der Waals surface area (Å²) in [5.41, 5.74) is 3.28. The largest absolute Gasteiger partial charge is 0.341 e. The number of hydrogen-bond donors (Lipinski definition) is 1. The molecule has 0 aromatic carbocycles. The molecule has 1 aliphatic rings. The van der Waals surface area contributed by atoms with Gasteiger partial charge in [0.2, 0.25) is 5.95 Å². The van der Waals surface area contributed by atoms with Gasteiger partial charge >= 0.3 is 0 Å². The van der Waals surface area contributed by atoms with Crippen LogP contribution in [0.25, 0.3) is 11.0 Å². The van der Waals surface area contributed by atoms with Crippen molar-refractivity contribution in [1.29, 1.82) is 0 Å². The number of aromatic nitrogens is 5. The Labute approximate surface area is 161 Å². The summed E-state index contributed by atoms with van der Waals surface area (Å²) in [7, 11) is 0. The molecule has 0 saturated carbocycles. The second-order valence-corrected chi connectivity index (χ2v) is 8.67. The van der Waals surface area contributed by atoms with E-state index in [9.17, 15) is 4.79 Å². The molecular weight excluding hydrogens is 362 g/mol. The van der Waals surface area contributed by atoms with E-state index in [4.69, 9.17) is 4.98 Å². The van der Waals surface area contributed by atoms with E-state index in [0.717, 1.165) is 44.8 Å². The van der Waals surface area contributed by atoms with Crippen molar-refractivity contribution in [2.45, 2.75) is 39.3 Å². The molecule has 0 amide bonds. The van der Waals surface area contributed by atoms with Gasteiger partial charge in [0.25, 0.3) is 5.56 Å². The molecule has 1 saturated heterocycles. The van der Waals surface area contributed by atoms with Crippen LogP contribution in [0.4, 0.5) is 5.95 Å². The van der Waals surface area contributed by atoms with Gasteiger partial charge < -0.3 is 4.90 Å². The van der Waals surface area contributed by atoms with Gasteiger partial charge in [0.15, 0.2) is 5.65 Å². The topological polar surface area (TPSA) is 82.9 Å². The maximum atomic E-state index is 12.6. The van der Waals surface area contributed by atoms with Crippen molar-refractivity contribution in [2.24, 2.45) is 0 Å². The highest BCUT2D eigenvalue weighted by molar-refractivity contribution is 7.07. The number of fused-ring (bicyclic) bond motifs is 1. The molecule has 1 N–H and O–H groups in total. The molecule has 0 radical (unpaired) electrons. The van der Waals surface area contributed by atoms with Gasteiger partial charge in [-0.3, -0.25) is 14.7 Å². The normalized spacial score (nSPS) is 16.8. The molecule has 27 heavy (non-hydrogen) atoms. The van der Waals surface area contributed by atoms with Crippen LogP contribution in [0.2, 0.25) is 0 Å². The molecule has 0 unspecified atom stereocenters. The molecule has 0 bridgehead atoms. The second kappa shape index (κ2) is 7.05. The van der Waals surface area contributed by atoms with Crippen LogP contribution in [-0.2, 0) is 12.1 Å². The lowest BCUT2D eigenvalue weighted by Gasteiger charge is -2.23. The van der Waals surface area contributed by atoms with E-state index in [1.807, 2.05) is 10.2 Å². The van der Waals surface area contributed by atoms with Crippen molar-refractivity contribution in [3.05, 3.63) is 33.1 Å². The molecule has 0 atom stereocenters. The first-order valence-electron chi connectivity index (χ1n) is 9.25. The molecule has 3 aromatic heterocycles. The number of H-pyrrole nitrogens is 1. The smallest absolute Gasteiger partial charge is 0.263 e. The molecule has 144 valence electrons. The van der Waals surface area contributed by atoms with E-state index in [1.54, 1.807) is 17.5 Å². The summed E-state index contributed by atoms with van der Waals surface area (Å²) in [6.45, 7) is 10.7. The predicted octanol–water partition coefficient (Wildman–Crippen LogP) is 2.04. The SMILES string of the molecule is CC(C)(C)n1ncc2c(=O)[nH]c(N3CCCN(Cc4cscn4)CC3)nc21. The lowest BCUT2D eigenvalue weighted by molar-refractivity contribution is 0.282. The minimum absolute atomic E-state index is 0.130. The van der Waals surface area contributed by atoms with Crippen LogP contribution < -0.4 is 10.5 Å². The number of thiazole rings is 1. The summed E-state index contributed by atoms with van der Waals surface area (Å²) in [5.74, 6) is 0.633. The lowest BCUT2D eigenvalue weighted by atomic mass is 10.1. The summed E-state index contributed by atoms with van der Waals surface area (Å²) in [5, 5.41) is 7.02. The number of anilines is 1. The number of nitrogens with zero attached hydrogens (tertiary/aromatic N) is 6. The van der Waals surface area contributed by atoms with Gasteiger partial charge in [0.05, 0.1) is 22.9 Å². The molecule has 0 spiro atoms. The Balaban J connectivity index is 1.58. The van der Waals surface area contributed by atoms with Crippen LogP contribution in [0.15, 0.2) is 21.9 Å². The highest BCUT2D eigenvalue weighted by Gasteiger charge is 2.22. The fraction of sp³-hybridized carbons (Fsp3) is 0.556. The number of rotatable bonds is 3. The first-order chi connectivity index (χ1) is 12.9. The number of nitrogens with one attached hydrogen (secondary N) is 1. The number of hydrogen-bond acceptors (Lipinski definition) is 7. The Morgan fingerprint density at radius 3 is 2.81 bits per heavy atom. The van der Waals surface area contributed by atoms with E-state index < -0.39 is 0 Å². The molecule has 8 nitrogen and oxygen atoms in total. The van der Waals surface area contributed by atoms with Crippen molar-refractivity contribution in [3.8, 4) is 0 Å². The Kier molecular flexibility index (Phi) is 4.73. The summed E-state index contributed by atoms with van der Waals surface area (Å²) >= 11 is 1.63. The standard InChI is InChI=1S/C18H25N7OS/c1-18(2,3)25-15-14(9-20-25)16(26)22-17(21-15)24-6-4-5-23(7-8-24)10-13-11-27-12-19-13/h9,11-12H,4-8,10H2,1-3H3,(H,21,22,26). The van der Waals surface area contributed by atoms with Crippen LogP contribution in [0, 0.1) is 0 Å². The van der Waals surface area contributed by atoms with E-state index in [2.05, 4.69) is 51.0 Å². The van der Waals surface area contributed by atoms with Crippen molar-refractivity contribution < 1.29 is 0 Å². The molecule has 4 rings (SSSR count). The van der Waals surface area contributed by atoms with Gasteiger partial charge in [-0.1, -0.05) is 0 Å². The van der Waals surface area contributed by atoms with Gasteiger partial charge in [-0.25, -0.2) is 9.67 Å². The van der Waals surface area contributed by atoms with Crippen LogP contribution in [-0.4, -0.2) is 55.8 Å². The van der Waals surface area contributed by atoms with Crippen molar-refractivity contribution in [2.75, 3.05) is 31.1 Å². The monoisotopic (exact) mass is 387 g/mol. The van der Waals surface area contributed by atoms with Gasteiger partial charge in [-0.2, -0.15) is 10.1 Å². The summed E-state index contributed by atoms with van der Waals surface area (Å²) in [6, 6.07) is 0. The minimum atomic E-state index is -0.233. The van der Waals surface area contributed by atoms with E-state index in [-0.39, 0.29) is 11.1 Å². The van der Waals surface area contributed by atoms with E-state index >= 15 is 0 Å². The van der Waals surface area contributed by atoms with Gasteiger partial charge in [-0.05, 0) is 27.2 Å². The van der Waals surface area contributed by atoms with Crippen molar-refractivity contribution >= 4 is 28.3 Å². The quantitative estimate of drug-likeness (QED) is 0.741. The van der Waals surface area contributed by atoms with Crippen LogP contribution >= 0.6 is 11.3 Å². The lowest BCUT2D eigenvalue weighted by Crippen LogP contribution is -2.33. The highest BCUT2D eigenvalue weighted by Crippen LogP contribution is 2.20. The van der Waals surface area contributed by atoms with E-state index in [1.165, 1.54) is 0 Å². The summed E-state index contributed by atoms with van der Waals surface area (Å²) in [6.07, 6.45) is 2.62. The van der Waals surface area contributed by atoms with Gasteiger partial charge in [0, 0.05) is 38.1 Å². The molecular formula is C18H25N7OS. The number of aromatic amines is 1. The zero-order chi connectivity index (χ0) is 19.0. The third kappa shape index (κ3) is 3.74. The molecule has 1 aliphatic heterocycles. The second-order valence-electron chi connectivity index (χ2n) is 7.95. The molecule has 4 heterocycles. The maximum absolute atomic E-state index is 12.6. The Hall–Kier alpha value is -2.26. The molecule has 0 aliphatic carbocycles. The fourth-order valence-corrected chi connectivity index (χ4v) is 3.98. The predicted molar refractivity (Wildman–Crippen MR) is 107 cm³/mol. The molecule has 9 heteroatoms. The zero-order valence-corrected chi connectivity index (χ0v) is 16.8. The van der Waals surface area contributed by atoms with Crippen LogP contribution in [0.5, 0.6) is 0 Å². The third-order valence-corrected chi connectivity index (χ3v) is 5.45. The average molecular weight is 388 g/mol. The zero-order valence-electron chi connectivity index (χ0n) is 16.0. The Bertz CT molecular complexity index is 970. The average Bonchev–Trinajstić information content (AvgIpc) is 3.21. The minimum Gasteiger partial charge on any atom is -0.341 e. The molecule has 3 aromatic rings. The molecule has 1 fully saturated rings.